The molecule has 30 heavy (non-hydrogen) atoms. The number of rotatable bonds is 7. The zero-order valence-electron chi connectivity index (χ0n) is 15.0. The summed E-state index contributed by atoms with van der Waals surface area (Å²) in [7, 11) is 0. The molecule has 13 heteroatoms. The first kappa shape index (κ1) is 22.9. The van der Waals surface area contributed by atoms with Crippen molar-refractivity contribution in [2.75, 3.05) is 6.61 Å². The fourth-order valence-electron chi connectivity index (χ4n) is 2.12. The van der Waals surface area contributed by atoms with Crippen LogP contribution in [-0.4, -0.2) is 28.5 Å². The van der Waals surface area contributed by atoms with E-state index in [-0.39, 0.29) is 16.5 Å². The fourth-order valence-corrected chi connectivity index (χ4v) is 2.34. The van der Waals surface area contributed by atoms with Gasteiger partial charge in [-0.15, -0.1) is 0 Å². The number of ether oxygens (including phenoxy) is 2. The molecule has 2 rings (SSSR count). The Morgan fingerprint density at radius 3 is 2.37 bits per heavy atom. The second kappa shape index (κ2) is 8.95. The molecule has 0 spiro atoms. The molecule has 0 aliphatic carbocycles. The summed E-state index contributed by atoms with van der Waals surface area (Å²) in [5.74, 6) is -1.56. The topological polar surface area (TPSA) is 122 Å². The lowest BCUT2D eigenvalue weighted by Crippen LogP contribution is -2.24. The third-order valence-corrected chi connectivity index (χ3v) is 3.98. The number of hydrogen-bond donors (Lipinski definition) is 0. The van der Waals surface area contributed by atoms with E-state index in [1.165, 1.54) is 6.92 Å². The Labute approximate surface area is 171 Å². The van der Waals surface area contributed by atoms with Crippen LogP contribution in [0.3, 0.4) is 0 Å². The van der Waals surface area contributed by atoms with Crippen LogP contribution in [0.2, 0.25) is 5.02 Å². The van der Waals surface area contributed by atoms with Gasteiger partial charge in [0.15, 0.2) is 6.61 Å². The molecule has 0 bridgehead atoms. The van der Waals surface area contributed by atoms with Gasteiger partial charge in [0.25, 0.3) is 5.69 Å². The lowest BCUT2D eigenvalue weighted by Gasteiger charge is -2.12. The third kappa shape index (κ3) is 5.56. The first-order valence-electron chi connectivity index (χ1n) is 8.03. The van der Waals surface area contributed by atoms with Crippen LogP contribution in [0.1, 0.15) is 22.8 Å². The summed E-state index contributed by atoms with van der Waals surface area (Å²) in [6, 6.07) is 4.01. The Balaban J connectivity index is 2.30. The summed E-state index contributed by atoms with van der Waals surface area (Å²) < 4.78 is 48.2. The maximum absolute atomic E-state index is 12.7. The molecule has 0 saturated heterocycles. The largest absolute Gasteiger partial charge is 0.456 e. The number of alkyl halides is 3. The Hall–Kier alpha value is -3.41. The summed E-state index contributed by atoms with van der Waals surface area (Å²) in [6.07, 6.45) is -4.62. The van der Waals surface area contributed by atoms with Gasteiger partial charge >= 0.3 is 12.1 Å². The number of hydrogen-bond acceptors (Lipinski definition) is 7. The van der Waals surface area contributed by atoms with Gasteiger partial charge in [-0.05, 0) is 24.3 Å². The average molecular weight is 449 g/mol. The van der Waals surface area contributed by atoms with Gasteiger partial charge in [-0.25, -0.2) is 4.79 Å². The van der Waals surface area contributed by atoms with Crippen LogP contribution in [-0.2, 0) is 10.9 Å². The van der Waals surface area contributed by atoms with E-state index in [2.05, 4.69) is 0 Å². The summed E-state index contributed by atoms with van der Waals surface area (Å²) in [6.45, 7) is 0.548. The molecule has 0 radical (unpaired) electrons. The molecule has 0 heterocycles. The maximum Gasteiger partial charge on any atom is 0.416 e. The van der Waals surface area contributed by atoms with Crippen LogP contribution < -0.4 is 4.74 Å². The van der Waals surface area contributed by atoms with Gasteiger partial charge in [0.2, 0.25) is 6.04 Å². The highest BCUT2D eigenvalue weighted by Crippen LogP contribution is 2.37. The minimum atomic E-state index is -4.62. The molecule has 9 nitrogen and oxygen atoms in total. The van der Waals surface area contributed by atoms with Crippen LogP contribution in [0.25, 0.3) is 0 Å². The lowest BCUT2D eigenvalue weighted by molar-refractivity contribution is -0.520. The zero-order valence-corrected chi connectivity index (χ0v) is 15.8. The highest BCUT2D eigenvalue weighted by atomic mass is 35.5. The predicted octanol–water partition coefficient (Wildman–Crippen LogP) is 4.88. The molecule has 0 N–H and O–H groups in total. The van der Waals surface area contributed by atoms with Crippen molar-refractivity contribution in [1.29, 1.82) is 0 Å². The lowest BCUT2D eigenvalue weighted by atomic mass is 10.1. The molecule has 0 aromatic heterocycles. The van der Waals surface area contributed by atoms with Crippen molar-refractivity contribution in [3.63, 3.8) is 0 Å². The van der Waals surface area contributed by atoms with E-state index in [9.17, 15) is 38.2 Å². The number of carbonyl (C=O) groups excluding carboxylic acids is 1. The van der Waals surface area contributed by atoms with Crippen molar-refractivity contribution in [1.82, 2.24) is 0 Å². The molecular formula is C17H12ClF3N2O7. The Kier molecular flexibility index (Phi) is 6.82. The molecular weight excluding hydrogens is 437 g/mol. The number of carbonyl (C=O) groups is 1. The third-order valence-electron chi connectivity index (χ3n) is 3.69. The first-order chi connectivity index (χ1) is 13.9. The summed E-state index contributed by atoms with van der Waals surface area (Å²) in [5, 5.41) is 21.4. The average Bonchev–Trinajstić information content (AvgIpc) is 2.66. The Bertz CT molecular complexity index is 998. The van der Waals surface area contributed by atoms with Gasteiger partial charge in [0, 0.05) is 24.0 Å². The van der Waals surface area contributed by atoms with Crippen LogP contribution in [0.15, 0.2) is 36.4 Å². The van der Waals surface area contributed by atoms with Gasteiger partial charge in [-0.1, -0.05) is 11.6 Å². The van der Waals surface area contributed by atoms with E-state index in [4.69, 9.17) is 21.1 Å². The van der Waals surface area contributed by atoms with Crippen molar-refractivity contribution in [3.8, 4) is 11.5 Å². The quantitative estimate of drug-likeness (QED) is 0.336. The number of nitro groups is 2. The number of benzene rings is 2. The summed E-state index contributed by atoms with van der Waals surface area (Å²) in [5.41, 5.74) is -2.22. The zero-order chi connectivity index (χ0) is 22.6. The molecule has 2 aromatic rings. The molecule has 0 aliphatic rings. The first-order valence-corrected chi connectivity index (χ1v) is 8.41. The molecule has 0 aliphatic heterocycles. The molecule has 2 aromatic carbocycles. The van der Waals surface area contributed by atoms with Crippen LogP contribution in [0.5, 0.6) is 11.5 Å². The predicted molar refractivity (Wildman–Crippen MR) is 96.4 cm³/mol. The monoisotopic (exact) mass is 448 g/mol. The van der Waals surface area contributed by atoms with Crippen molar-refractivity contribution >= 4 is 23.3 Å². The van der Waals surface area contributed by atoms with Gasteiger partial charge in [-0.2, -0.15) is 13.2 Å². The van der Waals surface area contributed by atoms with Gasteiger partial charge in [0.1, 0.15) is 17.1 Å². The van der Waals surface area contributed by atoms with Crippen LogP contribution >= 0.6 is 11.6 Å². The van der Waals surface area contributed by atoms with Crippen LogP contribution in [0.4, 0.5) is 18.9 Å². The van der Waals surface area contributed by atoms with E-state index < -0.39 is 51.5 Å². The number of nitrogens with zero attached hydrogens (tertiary/aromatic N) is 2. The van der Waals surface area contributed by atoms with E-state index in [1.54, 1.807) is 0 Å². The van der Waals surface area contributed by atoms with E-state index in [1.807, 2.05) is 0 Å². The second-order valence-corrected chi connectivity index (χ2v) is 6.32. The highest BCUT2D eigenvalue weighted by Gasteiger charge is 2.31. The summed E-state index contributed by atoms with van der Waals surface area (Å²) in [4.78, 5) is 32.3. The molecule has 0 fully saturated rings. The van der Waals surface area contributed by atoms with Crippen molar-refractivity contribution in [2.45, 2.75) is 19.1 Å². The summed E-state index contributed by atoms with van der Waals surface area (Å²) >= 11 is 5.79. The van der Waals surface area contributed by atoms with Crippen LogP contribution in [0, 0.1) is 20.2 Å². The molecule has 1 unspecified atom stereocenters. The van der Waals surface area contributed by atoms with Gasteiger partial charge < -0.3 is 9.47 Å². The number of nitro benzene ring substituents is 1. The smallest absolute Gasteiger partial charge is 0.416 e. The van der Waals surface area contributed by atoms with E-state index in [0.717, 1.165) is 30.3 Å². The molecule has 0 saturated carbocycles. The highest BCUT2D eigenvalue weighted by molar-refractivity contribution is 6.32. The van der Waals surface area contributed by atoms with Crippen molar-refractivity contribution in [3.05, 3.63) is 72.8 Å². The standard InChI is InChI=1S/C17H12ClF3N2O7/c1-9(22(25)26)8-29-16(24)12-7-11(3-4-14(12)23(27)28)30-15-5-2-10(6-13(15)18)17(19,20)21/h2-7,9H,8H2,1H3. The van der Waals surface area contributed by atoms with Crippen molar-refractivity contribution < 1.29 is 37.3 Å². The van der Waals surface area contributed by atoms with Crippen molar-refractivity contribution in [2.24, 2.45) is 0 Å². The van der Waals surface area contributed by atoms with E-state index >= 15 is 0 Å². The molecule has 160 valence electrons. The fraction of sp³-hybridized carbons (Fsp3) is 0.235. The van der Waals surface area contributed by atoms with Gasteiger partial charge in [0.05, 0.1) is 15.5 Å². The molecule has 1 atom stereocenters. The SMILES string of the molecule is CC(COC(=O)c1cc(Oc2ccc(C(F)(F)F)cc2Cl)ccc1[N+](=O)[O-])[N+](=O)[O-]. The number of esters is 1. The minimum absolute atomic E-state index is 0.156. The Morgan fingerprint density at radius 2 is 1.83 bits per heavy atom. The number of halogens is 4. The second-order valence-electron chi connectivity index (χ2n) is 5.91. The normalized spacial score (nSPS) is 12.2. The minimum Gasteiger partial charge on any atom is -0.456 e. The molecule has 0 amide bonds. The Morgan fingerprint density at radius 1 is 1.17 bits per heavy atom. The van der Waals surface area contributed by atoms with Gasteiger partial charge in [-0.3, -0.25) is 20.2 Å². The maximum atomic E-state index is 12.7. The van der Waals surface area contributed by atoms with E-state index in [0.29, 0.717) is 6.07 Å².